The van der Waals surface area contributed by atoms with Crippen LogP contribution in [0.15, 0.2) is 28.6 Å². The van der Waals surface area contributed by atoms with Gasteiger partial charge in [0.1, 0.15) is 5.03 Å². The standard InChI is InChI=1S/C10H9F3N6S/c1-5-3-15-9(16-4-5)20-7-2-6(10(11,12)13)17-8(18-7)19-14/h2-4H,14H2,1H3,(H,17,18,19). The normalized spacial score (nSPS) is 11.4. The molecule has 0 aliphatic carbocycles. The molecule has 0 saturated carbocycles. The van der Waals surface area contributed by atoms with Crippen molar-refractivity contribution in [2.75, 3.05) is 5.43 Å². The Morgan fingerprint density at radius 3 is 2.40 bits per heavy atom. The molecule has 0 radical (unpaired) electrons. The van der Waals surface area contributed by atoms with E-state index in [-0.39, 0.29) is 16.1 Å². The number of nitrogens with one attached hydrogen (secondary N) is 1. The van der Waals surface area contributed by atoms with E-state index in [1.165, 1.54) is 0 Å². The summed E-state index contributed by atoms with van der Waals surface area (Å²) in [5.74, 6) is 4.74. The van der Waals surface area contributed by atoms with Crippen molar-refractivity contribution in [3.05, 3.63) is 29.7 Å². The van der Waals surface area contributed by atoms with Crippen LogP contribution in [0.25, 0.3) is 0 Å². The van der Waals surface area contributed by atoms with E-state index >= 15 is 0 Å². The van der Waals surface area contributed by atoms with Gasteiger partial charge in [-0.1, -0.05) is 0 Å². The van der Waals surface area contributed by atoms with Gasteiger partial charge in [-0.3, -0.25) is 5.43 Å². The highest BCUT2D eigenvalue weighted by molar-refractivity contribution is 7.99. The molecule has 0 aliphatic heterocycles. The molecule has 0 saturated heterocycles. The fourth-order valence-electron chi connectivity index (χ4n) is 1.21. The molecule has 0 aliphatic rings. The number of anilines is 1. The number of aryl methyl sites for hydroxylation is 1. The monoisotopic (exact) mass is 302 g/mol. The van der Waals surface area contributed by atoms with Crippen LogP contribution in [0, 0.1) is 6.92 Å². The van der Waals surface area contributed by atoms with E-state index < -0.39 is 11.9 Å². The zero-order valence-electron chi connectivity index (χ0n) is 10.1. The van der Waals surface area contributed by atoms with E-state index in [1.807, 2.05) is 5.43 Å². The third kappa shape index (κ3) is 3.54. The summed E-state index contributed by atoms with van der Waals surface area (Å²) in [7, 11) is 0. The molecule has 106 valence electrons. The average Bonchev–Trinajstić information content (AvgIpc) is 2.40. The van der Waals surface area contributed by atoms with Crippen LogP contribution in [0.3, 0.4) is 0 Å². The predicted octanol–water partition coefficient (Wildman–Crippen LogP) is 2.03. The van der Waals surface area contributed by atoms with Gasteiger partial charge >= 0.3 is 6.18 Å². The number of alkyl halides is 3. The molecule has 0 spiro atoms. The zero-order valence-corrected chi connectivity index (χ0v) is 11.0. The van der Waals surface area contributed by atoms with E-state index in [9.17, 15) is 13.2 Å². The lowest BCUT2D eigenvalue weighted by atomic mass is 10.4. The third-order valence-corrected chi connectivity index (χ3v) is 2.89. The first-order valence-corrected chi connectivity index (χ1v) is 6.09. The molecular weight excluding hydrogens is 293 g/mol. The topological polar surface area (TPSA) is 89.6 Å². The van der Waals surface area contributed by atoms with E-state index in [4.69, 9.17) is 5.84 Å². The minimum atomic E-state index is -4.59. The summed E-state index contributed by atoms with van der Waals surface area (Å²) in [5, 5.41) is 0.328. The molecular formula is C10H9F3N6S. The molecule has 2 heterocycles. The number of nitrogens with two attached hydrogens (primary N) is 1. The molecule has 0 atom stereocenters. The number of hydrogen-bond acceptors (Lipinski definition) is 7. The van der Waals surface area contributed by atoms with Crippen LogP contribution < -0.4 is 11.3 Å². The minimum Gasteiger partial charge on any atom is -0.292 e. The van der Waals surface area contributed by atoms with Crippen molar-refractivity contribution in [3.8, 4) is 0 Å². The van der Waals surface area contributed by atoms with Gasteiger partial charge in [-0.25, -0.2) is 25.8 Å². The number of aromatic nitrogens is 4. The molecule has 3 N–H and O–H groups in total. The molecule has 6 nitrogen and oxygen atoms in total. The van der Waals surface area contributed by atoms with E-state index in [2.05, 4.69) is 19.9 Å². The first kappa shape index (κ1) is 14.5. The molecule has 0 unspecified atom stereocenters. The second-order valence-corrected chi connectivity index (χ2v) is 4.69. The van der Waals surface area contributed by atoms with Crippen molar-refractivity contribution < 1.29 is 13.2 Å². The van der Waals surface area contributed by atoms with Crippen LogP contribution >= 0.6 is 11.8 Å². The number of hydrogen-bond donors (Lipinski definition) is 2. The van der Waals surface area contributed by atoms with Gasteiger partial charge in [0.15, 0.2) is 10.9 Å². The van der Waals surface area contributed by atoms with Gasteiger partial charge in [-0.2, -0.15) is 13.2 Å². The number of nitrogens with zero attached hydrogens (tertiary/aromatic N) is 4. The SMILES string of the molecule is Cc1cnc(Sc2cc(C(F)(F)F)nc(NN)n2)nc1. The summed E-state index contributed by atoms with van der Waals surface area (Å²) in [6.45, 7) is 1.80. The van der Waals surface area contributed by atoms with Crippen molar-refractivity contribution in [2.24, 2.45) is 5.84 Å². The van der Waals surface area contributed by atoms with Gasteiger partial charge in [0.05, 0.1) is 0 Å². The molecule has 2 aromatic heterocycles. The summed E-state index contributed by atoms with van der Waals surface area (Å²) >= 11 is 0.887. The first-order chi connectivity index (χ1) is 9.38. The van der Waals surface area contributed by atoms with Gasteiger partial charge in [0.25, 0.3) is 0 Å². The fourth-order valence-corrected chi connectivity index (χ4v) is 1.91. The van der Waals surface area contributed by atoms with Crippen LogP contribution in [0.5, 0.6) is 0 Å². The lowest BCUT2D eigenvalue weighted by Crippen LogP contribution is -2.15. The zero-order chi connectivity index (χ0) is 14.8. The Morgan fingerprint density at radius 2 is 1.85 bits per heavy atom. The Bertz CT molecular complexity index is 601. The predicted molar refractivity (Wildman–Crippen MR) is 65.7 cm³/mol. The molecule has 0 fully saturated rings. The summed E-state index contributed by atoms with van der Waals surface area (Å²) < 4.78 is 38.0. The Labute approximate surface area is 116 Å². The molecule has 0 aromatic carbocycles. The van der Waals surface area contributed by atoms with Gasteiger partial charge in [-0.05, 0) is 24.2 Å². The molecule has 0 bridgehead atoms. The van der Waals surface area contributed by atoms with Gasteiger partial charge in [0, 0.05) is 18.5 Å². The number of hydrazine groups is 1. The third-order valence-electron chi connectivity index (χ3n) is 2.08. The highest BCUT2D eigenvalue weighted by atomic mass is 32.2. The van der Waals surface area contributed by atoms with Crippen LogP contribution in [0.1, 0.15) is 11.3 Å². The number of halogens is 3. The quantitative estimate of drug-likeness (QED) is 0.388. The Hall–Kier alpha value is -1.94. The van der Waals surface area contributed by atoms with Gasteiger partial charge in [-0.15, -0.1) is 0 Å². The average molecular weight is 302 g/mol. The number of nitrogen functional groups attached to an aromatic ring is 1. The molecule has 2 rings (SSSR count). The van der Waals surface area contributed by atoms with Gasteiger partial charge < -0.3 is 0 Å². The molecule has 20 heavy (non-hydrogen) atoms. The Kier molecular flexibility index (Phi) is 4.04. The lowest BCUT2D eigenvalue weighted by molar-refractivity contribution is -0.141. The van der Waals surface area contributed by atoms with E-state index in [1.54, 1.807) is 19.3 Å². The van der Waals surface area contributed by atoms with E-state index in [0.29, 0.717) is 0 Å². The van der Waals surface area contributed by atoms with Crippen LogP contribution in [-0.4, -0.2) is 19.9 Å². The maximum Gasteiger partial charge on any atom is 0.433 e. The smallest absolute Gasteiger partial charge is 0.292 e. The summed E-state index contributed by atoms with van der Waals surface area (Å²) in [6, 6.07) is 0.814. The van der Waals surface area contributed by atoms with Crippen molar-refractivity contribution in [1.29, 1.82) is 0 Å². The van der Waals surface area contributed by atoms with Gasteiger partial charge in [0.2, 0.25) is 5.95 Å². The molecule has 10 heteroatoms. The van der Waals surface area contributed by atoms with Crippen molar-refractivity contribution in [3.63, 3.8) is 0 Å². The Balaban J connectivity index is 2.33. The van der Waals surface area contributed by atoms with Crippen molar-refractivity contribution in [2.45, 2.75) is 23.3 Å². The van der Waals surface area contributed by atoms with Crippen LogP contribution in [0.2, 0.25) is 0 Å². The highest BCUT2D eigenvalue weighted by Crippen LogP contribution is 2.32. The lowest BCUT2D eigenvalue weighted by Gasteiger charge is -2.09. The minimum absolute atomic E-state index is 0.0455. The van der Waals surface area contributed by atoms with Crippen molar-refractivity contribution in [1.82, 2.24) is 19.9 Å². The molecule has 2 aromatic rings. The first-order valence-electron chi connectivity index (χ1n) is 5.28. The summed E-state index contributed by atoms with van der Waals surface area (Å²) in [4.78, 5) is 15.0. The Morgan fingerprint density at radius 1 is 1.20 bits per heavy atom. The summed E-state index contributed by atoms with van der Waals surface area (Å²) in [5.41, 5.74) is 1.76. The number of rotatable bonds is 3. The maximum absolute atomic E-state index is 12.7. The maximum atomic E-state index is 12.7. The second kappa shape index (κ2) is 5.59. The largest absolute Gasteiger partial charge is 0.433 e. The van der Waals surface area contributed by atoms with Crippen molar-refractivity contribution >= 4 is 17.7 Å². The second-order valence-electron chi connectivity index (χ2n) is 3.70. The highest BCUT2D eigenvalue weighted by Gasteiger charge is 2.33. The molecule has 0 amide bonds. The van der Waals surface area contributed by atoms with E-state index in [0.717, 1.165) is 23.4 Å². The van der Waals surface area contributed by atoms with Crippen LogP contribution in [0.4, 0.5) is 19.1 Å². The fraction of sp³-hybridized carbons (Fsp3) is 0.200. The summed E-state index contributed by atoms with van der Waals surface area (Å²) in [6.07, 6.45) is -1.47. The van der Waals surface area contributed by atoms with Crippen LogP contribution in [-0.2, 0) is 6.18 Å².